The third-order valence-electron chi connectivity index (χ3n) is 4.63. The van der Waals surface area contributed by atoms with E-state index in [0.29, 0.717) is 0 Å². The van der Waals surface area contributed by atoms with E-state index < -0.39 is 0 Å². The average molecular weight is 288 g/mol. The van der Waals surface area contributed by atoms with Crippen molar-refractivity contribution in [2.75, 3.05) is 26.2 Å². The number of nitrogens with one attached hydrogen (secondary N) is 1. The Balaban J connectivity index is 1.74. The second kappa shape index (κ2) is 9.22. The number of benzene rings is 1. The van der Waals surface area contributed by atoms with E-state index in [4.69, 9.17) is 0 Å². The fourth-order valence-corrected chi connectivity index (χ4v) is 2.95. The van der Waals surface area contributed by atoms with Crippen LogP contribution in [-0.4, -0.2) is 31.1 Å². The summed E-state index contributed by atoms with van der Waals surface area (Å²) < 4.78 is 0. The average Bonchev–Trinajstić information content (AvgIpc) is 2.47. The summed E-state index contributed by atoms with van der Waals surface area (Å²) in [5.41, 5.74) is 2.91. The van der Waals surface area contributed by atoms with Crippen molar-refractivity contribution < 1.29 is 0 Å². The molecule has 0 bridgehead atoms. The molecule has 1 aliphatic rings. The second-order valence-electron chi connectivity index (χ2n) is 6.44. The second-order valence-corrected chi connectivity index (χ2v) is 6.44. The van der Waals surface area contributed by atoms with Gasteiger partial charge in [0.25, 0.3) is 0 Å². The molecule has 1 aromatic rings. The molecule has 1 N–H and O–H groups in total. The molecule has 2 rings (SSSR count). The van der Waals surface area contributed by atoms with Gasteiger partial charge >= 0.3 is 0 Å². The first kappa shape index (κ1) is 16.5. The zero-order chi connectivity index (χ0) is 14.9. The van der Waals surface area contributed by atoms with Crippen LogP contribution in [0.15, 0.2) is 24.3 Å². The Hall–Kier alpha value is -0.860. The summed E-state index contributed by atoms with van der Waals surface area (Å²) in [6.45, 7) is 10.3. The van der Waals surface area contributed by atoms with Gasteiger partial charge in [0.1, 0.15) is 0 Å². The third-order valence-corrected chi connectivity index (χ3v) is 4.63. The Labute approximate surface area is 130 Å². The molecule has 1 fully saturated rings. The normalized spacial score (nSPS) is 15.4. The summed E-state index contributed by atoms with van der Waals surface area (Å²) in [6, 6.07) is 9.25. The van der Waals surface area contributed by atoms with E-state index in [1.165, 1.54) is 49.9 Å². The smallest absolute Gasteiger partial charge is 0.0233 e. The highest BCUT2D eigenvalue weighted by atomic mass is 15.1. The zero-order valence-electron chi connectivity index (χ0n) is 13.9. The van der Waals surface area contributed by atoms with E-state index in [2.05, 4.69) is 48.3 Å². The van der Waals surface area contributed by atoms with Crippen LogP contribution in [0.2, 0.25) is 0 Å². The van der Waals surface area contributed by atoms with E-state index in [1.54, 1.807) is 0 Å². The molecule has 2 nitrogen and oxygen atoms in total. The molecule has 0 aromatic heterocycles. The highest BCUT2D eigenvalue weighted by molar-refractivity contribution is 5.22. The van der Waals surface area contributed by atoms with Crippen molar-refractivity contribution in [2.45, 2.75) is 52.5 Å². The van der Waals surface area contributed by atoms with Crippen LogP contribution in [0.1, 0.15) is 50.7 Å². The van der Waals surface area contributed by atoms with E-state index in [1.807, 2.05) is 0 Å². The predicted molar refractivity (Wildman–Crippen MR) is 91.6 cm³/mol. The molecule has 0 aliphatic heterocycles. The molecule has 118 valence electrons. The van der Waals surface area contributed by atoms with Crippen LogP contribution in [-0.2, 0) is 13.0 Å². The van der Waals surface area contributed by atoms with Crippen LogP contribution >= 0.6 is 0 Å². The third kappa shape index (κ3) is 5.80. The van der Waals surface area contributed by atoms with Gasteiger partial charge in [0.2, 0.25) is 0 Å². The summed E-state index contributed by atoms with van der Waals surface area (Å²) in [6.07, 6.45) is 6.69. The molecular formula is C19H32N2. The lowest BCUT2D eigenvalue weighted by molar-refractivity contribution is 0.178. The Morgan fingerprint density at radius 3 is 2.33 bits per heavy atom. The van der Waals surface area contributed by atoms with E-state index in [0.717, 1.165) is 32.0 Å². The fraction of sp³-hybridized carbons (Fsp3) is 0.684. The van der Waals surface area contributed by atoms with E-state index in [-0.39, 0.29) is 0 Å². The van der Waals surface area contributed by atoms with Gasteiger partial charge in [-0.25, -0.2) is 0 Å². The molecule has 0 atom stereocenters. The molecular weight excluding hydrogens is 256 g/mol. The molecule has 21 heavy (non-hydrogen) atoms. The Morgan fingerprint density at radius 1 is 1.05 bits per heavy atom. The maximum atomic E-state index is 3.47. The monoisotopic (exact) mass is 288 g/mol. The van der Waals surface area contributed by atoms with Gasteiger partial charge in [-0.2, -0.15) is 0 Å². The predicted octanol–water partition coefficient (Wildman–Crippen LogP) is 3.85. The topological polar surface area (TPSA) is 15.3 Å². The van der Waals surface area contributed by atoms with E-state index in [9.17, 15) is 0 Å². The highest BCUT2D eigenvalue weighted by Crippen LogP contribution is 2.27. The molecule has 1 aromatic carbocycles. The van der Waals surface area contributed by atoms with Gasteiger partial charge in [0, 0.05) is 13.1 Å². The van der Waals surface area contributed by atoms with Crippen molar-refractivity contribution in [3.05, 3.63) is 35.4 Å². The summed E-state index contributed by atoms with van der Waals surface area (Å²) >= 11 is 0. The van der Waals surface area contributed by atoms with Crippen molar-refractivity contribution in [1.82, 2.24) is 10.2 Å². The summed E-state index contributed by atoms with van der Waals surface area (Å²) in [7, 11) is 0. The van der Waals surface area contributed by atoms with Gasteiger partial charge < -0.3 is 5.32 Å². The minimum absolute atomic E-state index is 0.967. The van der Waals surface area contributed by atoms with Gasteiger partial charge in [-0.1, -0.05) is 44.5 Å². The van der Waals surface area contributed by atoms with Gasteiger partial charge in [-0.05, 0) is 62.4 Å². The molecule has 0 amide bonds. The van der Waals surface area contributed by atoms with Gasteiger partial charge in [0.15, 0.2) is 0 Å². The molecule has 0 spiro atoms. The van der Waals surface area contributed by atoms with Crippen LogP contribution in [0, 0.1) is 5.92 Å². The van der Waals surface area contributed by atoms with Crippen molar-refractivity contribution in [2.24, 2.45) is 5.92 Å². The molecule has 0 radical (unpaired) electrons. The maximum Gasteiger partial charge on any atom is 0.0233 e. The number of hydrogen-bond acceptors (Lipinski definition) is 2. The van der Waals surface area contributed by atoms with E-state index >= 15 is 0 Å². The number of hydrogen-bond donors (Lipinski definition) is 1. The van der Waals surface area contributed by atoms with Crippen LogP contribution in [0.3, 0.4) is 0 Å². The van der Waals surface area contributed by atoms with Crippen LogP contribution < -0.4 is 5.32 Å². The van der Waals surface area contributed by atoms with Gasteiger partial charge in [0.05, 0.1) is 0 Å². The Kier molecular flexibility index (Phi) is 7.25. The van der Waals surface area contributed by atoms with Crippen molar-refractivity contribution in [3.63, 3.8) is 0 Å². The van der Waals surface area contributed by atoms with Gasteiger partial charge in [-0.3, -0.25) is 4.90 Å². The summed E-state index contributed by atoms with van der Waals surface area (Å²) in [5.74, 6) is 0.967. The fourth-order valence-electron chi connectivity index (χ4n) is 2.95. The first-order valence-corrected chi connectivity index (χ1v) is 8.82. The lowest BCUT2D eigenvalue weighted by Gasteiger charge is -2.31. The molecule has 0 saturated heterocycles. The first-order chi connectivity index (χ1) is 10.3. The SMILES string of the molecule is CCCNCCc1ccc(CN(CC)CC2CCC2)cc1. The molecule has 0 heterocycles. The molecule has 1 aliphatic carbocycles. The largest absolute Gasteiger partial charge is 0.316 e. The van der Waals surface area contributed by atoms with Crippen molar-refractivity contribution in [3.8, 4) is 0 Å². The standard InChI is InChI=1S/C19H32N2/c1-3-13-20-14-12-17-8-10-19(11-9-17)16-21(4-2)15-18-6-5-7-18/h8-11,18,20H,3-7,12-16H2,1-2H3. The highest BCUT2D eigenvalue weighted by Gasteiger charge is 2.19. The Morgan fingerprint density at radius 2 is 1.76 bits per heavy atom. The zero-order valence-corrected chi connectivity index (χ0v) is 13.9. The first-order valence-electron chi connectivity index (χ1n) is 8.82. The summed E-state index contributed by atoms with van der Waals surface area (Å²) in [4.78, 5) is 2.60. The number of rotatable bonds is 10. The molecule has 1 saturated carbocycles. The van der Waals surface area contributed by atoms with Crippen LogP contribution in [0.5, 0.6) is 0 Å². The summed E-state index contributed by atoms with van der Waals surface area (Å²) in [5, 5.41) is 3.47. The van der Waals surface area contributed by atoms with Crippen molar-refractivity contribution in [1.29, 1.82) is 0 Å². The maximum absolute atomic E-state index is 3.47. The molecule has 0 unspecified atom stereocenters. The quantitative estimate of drug-likeness (QED) is 0.658. The number of nitrogens with zero attached hydrogens (tertiary/aromatic N) is 1. The minimum Gasteiger partial charge on any atom is -0.316 e. The minimum atomic E-state index is 0.967. The van der Waals surface area contributed by atoms with Crippen molar-refractivity contribution >= 4 is 0 Å². The van der Waals surface area contributed by atoms with Gasteiger partial charge in [-0.15, -0.1) is 0 Å². The molecule has 2 heteroatoms. The Bertz CT molecular complexity index is 381. The lowest BCUT2D eigenvalue weighted by atomic mass is 9.85. The lowest BCUT2D eigenvalue weighted by Crippen LogP contribution is -2.32. The van der Waals surface area contributed by atoms with Crippen LogP contribution in [0.25, 0.3) is 0 Å². The van der Waals surface area contributed by atoms with Crippen LogP contribution in [0.4, 0.5) is 0 Å².